The predicted octanol–water partition coefficient (Wildman–Crippen LogP) is 5.76. The molecule has 3 rings (SSSR count). The summed E-state index contributed by atoms with van der Waals surface area (Å²) in [5, 5.41) is 7.28. The number of nitrogens with zero attached hydrogens (tertiary/aromatic N) is 2. The van der Waals surface area contributed by atoms with Gasteiger partial charge in [0.2, 0.25) is 5.88 Å². The second kappa shape index (κ2) is 6.83. The minimum absolute atomic E-state index is 0.203. The fourth-order valence-electron chi connectivity index (χ4n) is 2.14. The highest BCUT2D eigenvalue weighted by atomic mass is 35.5. The van der Waals surface area contributed by atoms with Gasteiger partial charge in [0.1, 0.15) is 4.88 Å². The molecule has 4 nitrogen and oxygen atoms in total. The molecule has 0 unspecified atom stereocenters. The van der Waals surface area contributed by atoms with Gasteiger partial charge < -0.3 is 4.74 Å². The Morgan fingerprint density at radius 2 is 1.92 bits per heavy atom. The van der Waals surface area contributed by atoms with Crippen LogP contribution in [0.3, 0.4) is 0 Å². The summed E-state index contributed by atoms with van der Waals surface area (Å²) in [6.45, 7) is 6.12. The summed E-state index contributed by atoms with van der Waals surface area (Å²) in [5.41, 5.74) is 1.26. The molecule has 7 heteroatoms. The van der Waals surface area contributed by atoms with Crippen LogP contribution in [0.4, 0.5) is 0 Å². The average molecular weight is 395 g/mol. The van der Waals surface area contributed by atoms with Crippen molar-refractivity contribution < 1.29 is 9.53 Å². The maximum absolute atomic E-state index is 12.3. The van der Waals surface area contributed by atoms with E-state index in [-0.39, 0.29) is 5.41 Å². The molecule has 2 aromatic heterocycles. The van der Waals surface area contributed by atoms with Crippen LogP contribution in [0.25, 0.3) is 5.69 Å². The third-order valence-corrected chi connectivity index (χ3v) is 5.10. The van der Waals surface area contributed by atoms with E-state index in [4.69, 9.17) is 27.9 Å². The van der Waals surface area contributed by atoms with E-state index >= 15 is 0 Å². The van der Waals surface area contributed by atoms with Crippen LogP contribution < -0.4 is 4.74 Å². The van der Waals surface area contributed by atoms with Crippen LogP contribution in [-0.4, -0.2) is 15.7 Å². The number of carbonyl (C=O) groups is 1. The quantitative estimate of drug-likeness (QED) is 0.530. The van der Waals surface area contributed by atoms with Gasteiger partial charge in [-0.25, -0.2) is 9.48 Å². The molecule has 0 N–H and O–H groups in total. The van der Waals surface area contributed by atoms with Crippen LogP contribution in [0.15, 0.2) is 41.8 Å². The molecule has 0 bridgehead atoms. The van der Waals surface area contributed by atoms with Crippen molar-refractivity contribution in [2.24, 2.45) is 0 Å². The smallest absolute Gasteiger partial charge is 0.355 e. The number of hydrogen-bond donors (Lipinski definition) is 0. The first-order valence-electron chi connectivity index (χ1n) is 7.57. The summed E-state index contributed by atoms with van der Waals surface area (Å²) in [7, 11) is 0. The zero-order chi connectivity index (χ0) is 18.2. The highest BCUT2D eigenvalue weighted by molar-refractivity contribution is 7.12. The van der Waals surface area contributed by atoms with Gasteiger partial charge in [-0.15, -0.1) is 11.3 Å². The fraction of sp³-hybridized carbons (Fsp3) is 0.222. The van der Waals surface area contributed by atoms with Crippen molar-refractivity contribution in [1.29, 1.82) is 0 Å². The average Bonchev–Trinajstić information content (AvgIpc) is 3.19. The number of halogens is 2. The number of rotatable bonds is 3. The molecule has 2 heterocycles. The number of ether oxygens (including phenoxy) is 1. The molecule has 0 aliphatic carbocycles. The minimum atomic E-state index is -0.420. The summed E-state index contributed by atoms with van der Waals surface area (Å²) in [5.74, 6) is -0.0848. The van der Waals surface area contributed by atoms with Crippen molar-refractivity contribution in [3.63, 3.8) is 0 Å². The molecular weight excluding hydrogens is 379 g/mol. The Labute approximate surface area is 159 Å². The molecule has 3 aromatic rings. The molecule has 0 aliphatic heterocycles. The van der Waals surface area contributed by atoms with Crippen molar-refractivity contribution in [3.8, 4) is 11.6 Å². The lowest BCUT2D eigenvalue weighted by Crippen LogP contribution is -2.12. The van der Waals surface area contributed by atoms with E-state index in [0.717, 1.165) is 5.69 Å². The van der Waals surface area contributed by atoms with E-state index in [1.54, 1.807) is 41.1 Å². The van der Waals surface area contributed by atoms with Crippen molar-refractivity contribution in [2.75, 3.05) is 0 Å². The van der Waals surface area contributed by atoms with E-state index in [1.165, 1.54) is 11.3 Å². The van der Waals surface area contributed by atoms with Gasteiger partial charge in [0.15, 0.2) is 0 Å². The molecule has 0 aliphatic rings. The van der Waals surface area contributed by atoms with Crippen LogP contribution in [0, 0.1) is 0 Å². The SMILES string of the molecule is CC(C)(C)c1cc(OC(=O)c2cccs2)n(-c2ccc(Cl)c(Cl)c2)n1. The lowest BCUT2D eigenvalue weighted by atomic mass is 9.93. The maximum Gasteiger partial charge on any atom is 0.355 e. The zero-order valence-electron chi connectivity index (χ0n) is 13.9. The Morgan fingerprint density at radius 3 is 2.52 bits per heavy atom. The van der Waals surface area contributed by atoms with E-state index in [2.05, 4.69) is 5.10 Å². The molecule has 130 valence electrons. The van der Waals surface area contributed by atoms with Gasteiger partial charge >= 0.3 is 5.97 Å². The number of aromatic nitrogens is 2. The Balaban J connectivity index is 2.04. The molecule has 0 saturated carbocycles. The van der Waals surface area contributed by atoms with Crippen LogP contribution >= 0.6 is 34.5 Å². The van der Waals surface area contributed by atoms with E-state index in [0.29, 0.717) is 26.5 Å². The van der Waals surface area contributed by atoms with Crippen LogP contribution in [-0.2, 0) is 5.41 Å². The predicted molar refractivity (Wildman–Crippen MR) is 102 cm³/mol. The Morgan fingerprint density at radius 1 is 1.16 bits per heavy atom. The normalized spacial score (nSPS) is 11.6. The fourth-order valence-corrected chi connectivity index (χ4v) is 3.04. The highest BCUT2D eigenvalue weighted by Gasteiger charge is 2.23. The van der Waals surface area contributed by atoms with Gasteiger partial charge in [-0.05, 0) is 29.6 Å². The third kappa shape index (κ3) is 3.89. The summed E-state index contributed by atoms with van der Waals surface area (Å²) in [4.78, 5) is 12.9. The Bertz CT molecular complexity index is 912. The van der Waals surface area contributed by atoms with Crippen LogP contribution in [0.2, 0.25) is 10.0 Å². The standard InChI is InChI=1S/C18H16Cl2N2O2S/c1-18(2,3)15-10-16(24-17(23)14-5-4-8-25-14)22(21-15)11-6-7-12(19)13(20)9-11/h4-10H,1-3H3. The highest BCUT2D eigenvalue weighted by Crippen LogP contribution is 2.31. The number of hydrogen-bond acceptors (Lipinski definition) is 4. The van der Waals surface area contributed by atoms with E-state index in [1.807, 2.05) is 26.2 Å². The van der Waals surface area contributed by atoms with Gasteiger partial charge in [-0.1, -0.05) is 50.0 Å². The molecule has 0 atom stereocenters. The summed E-state index contributed by atoms with van der Waals surface area (Å²) in [6.07, 6.45) is 0. The number of benzene rings is 1. The van der Waals surface area contributed by atoms with Gasteiger partial charge in [0.25, 0.3) is 0 Å². The van der Waals surface area contributed by atoms with E-state index in [9.17, 15) is 4.79 Å². The van der Waals surface area contributed by atoms with Gasteiger partial charge in [0, 0.05) is 11.5 Å². The minimum Gasteiger partial charge on any atom is -0.403 e. The first kappa shape index (κ1) is 18.0. The van der Waals surface area contributed by atoms with Crippen LogP contribution in [0.5, 0.6) is 5.88 Å². The monoisotopic (exact) mass is 394 g/mol. The first-order chi connectivity index (χ1) is 11.8. The molecule has 0 saturated heterocycles. The van der Waals surface area contributed by atoms with Crippen molar-refractivity contribution in [1.82, 2.24) is 9.78 Å². The van der Waals surface area contributed by atoms with Gasteiger partial charge in [-0.3, -0.25) is 0 Å². The summed E-state index contributed by atoms with van der Waals surface area (Å²) < 4.78 is 7.15. The zero-order valence-corrected chi connectivity index (χ0v) is 16.2. The lowest BCUT2D eigenvalue weighted by Gasteiger charge is -2.14. The maximum atomic E-state index is 12.3. The number of thiophene rings is 1. The number of esters is 1. The summed E-state index contributed by atoms with van der Waals surface area (Å²) >= 11 is 13.4. The molecular formula is C18H16Cl2N2O2S. The topological polar surface area (TPSA) is 44.1 Å². The molecule has 0 fully saturated rings. The Hall–Kier alpha value is -1.82. The molecule has 0 spiro atoms. The summed E-state index contributed by atoms with van der Waals surface area (Å²) in [6, 6.07) is 10.4. The van der Waals surface area contributed by atoms with E-state index < -0.39 is 5.97 Å². The third-order valence-electron chi connectivity index (χ3n) is 3.51. The van der Waals surface area contributed by atoms with Gasteiger partial charge in [0.05, 0.1) is 21.4 Å². The van der Waals surface area contributed by atoms with Crippen molar-refractivity contribution in [3.05, 3.63) is 62.4 Å². The number of carbonyl (C=O) groups excluding carboxylic acids is 1. The lowest BCUT2D eigenvalue weighted by molar-refractivity contribution is 0.0728. The second-order valence-corrected chi connectivity index (χ2v) is 8.26. The van der Waals surface area contributed by atoms with Crippen molar-refractivity contribution in [2.45, 2.75) is 26.2 Å². The molecule has 0 amide bonds. The molecule has 0 radical (unpaired) electrons. The first-order valence-corrected chi connectivity index (χ1v) is 9.21. The molecule has 25 heavy (non-hydrogen) atoms. The van der Waals surface area contributed by atoms with Crippen LogP contribution in [0.1, 0.15) is 36.1 Å². The Kier molecular flexibility index (Phi) is 4.91. The molecule has 1 aromatic carbocycles. The largest absolute Gasteiger partial charge is 0.403 e. The van der Waals surface area contributed by atoms with Gasteiger partial charge in [-0.2, -0.15) is 5.10 Å². The second-order valence-electron chi connectivity index (χ2n) is 6.49. The van der Waals surface area contributed by atoms with Crippen molar-refractivity contribution >= 4 is 40.5 Å².